The lowest BCUT2D eigenvalue weighted by Gasteiger charge is -2.30. The number of amides is 1. The predicted molar refractivity (Wildman–Crippen MR) is 91.4 cm³/mol. The highest BCUT2D eigenvalue weighted by molar-refractivity contribution is 7.99. The third kappa shape index (κ3) is 6.18. The van der Waals surface area contributed by atoms with Crippen LogP contribution in [0.1, 0.15) is 27.7 Å². The molecule has 0 N–H and O–H groups in total. The molecule has 21 heavy (non-hydrogen) atoms. The topological polar surface area (TPSA) is 29.5 Å². The molecule has 0 bridgehead atoms. The molecule has 0 aliphatic heterocycles. The van der Waals surface area contributed by atoms with Crippen LogP contribution in [0.5, 0.6) is 5.75 Å². The van der Waals surface area contributed by atoms with Gasteiger partial charge in [-0.3, -0.25) is 4.79 Å². The number of hydrogen-bond donors (Lipinski definition) is 0. The van der Waals surface area contributed by atoms with E-state index in [1.54, 1.807) is 43.0 Å². The van der Waals surface area contributed by atoms with Gasteiger partial charge in [-0.2, -0.15) is 11.8 Å². The van der Waals surface area contributed by atoms with E-state index in [-0.39, 0.29) is 5.91 Å². The molecule has 3 nitrogen and oxygen atoms in total. The van der Waals surface area contributed by atoms with Gasteiger partial charge in [-0.1, -0.05) is 25.4 Å². The Bertz CT molecular complexity index is 460. The smallest absolute Gasteiger partial charge is 0.265 e. The highest BCUT2D eigenvalue weighted by Crippen LogP contribution is 2.22. The molecule has 0 atom stereocenters. The van der Waals surface area contributed by atoms with Gasteiger partial charge in [0.2, 0.25) is 0 Å². The molecule has 0 aliphatic carbocycles. The van der Waals surface area contributed by atoms with Gasteiger partial charge >= 0.3 is 0 Å². The summed E-state index contributed by atoms with van der Waals surface area (Å²) in [6.45, 7) is 8.60. The molecule has 0 aromatic heterocycles. The van der Waals surface area contributed by atoms with Crippen LogP contribution in [0.25, 0.3) is 0 Å². The fourth-order valence-electron chi connectivity index (χ4n) is 1.83. The molecular formula is C16H24ClNO2S. The lowest BCUT2D eigenvalue weighted by atomic mass is 10.1. The number of ether oxygens (including phenoxy) is 1. The van der Waals surface area contributed by atoms with Crippen LogP contribution < -0.4 is 4.74 Å². The number of halogens is 1. The van der Waals surface area contributed by atoms with Crippen LogP contribution in [0.2, 0.25) is 5.02 Å². The van der Waals surface area contributed by atoms with Crippen molar-refractivity contribution in [1.29, 1.82) is 0 Å². The average molecular weight is 330 g/mol. The van der Waals surface area contributed by atoms with Crippen LogP contribution >= 0.6 is 23.4 Å². The first-order valence-electron chi connectivity index (χ1n) is 7.04. The lowest BCUT2D eigenvalue weighted by Crippen LogP contribution is -2.48. The van der Waals surface area contributed by atoms with Gasteiger partial charge in [0.1, 0.15) is 5.75 Å². The molecule has 0 aliphatic rings. The average Bonchev–Trinajstić information content (AvgIpc) is 2.39. The van der Waals surface area contributed by atoms with E-state index in [4.69, 9.17) is 16.3 Å². The van der Waals surface area contributed by atoms with Crippen LogP contribution in [0.15, 0.2) is 24.3 Å². The fourth-order valence-corrected chi connectivity index (χ4v) is 2.80. The van der Waals surface area contributed by atoms with Crippen LogP contribution in [-0.4, -0.2) is 41.0 Å². The number of hydrogen-bond acceptors (Lipinski definition) is 3. The quantitative estimate of drug-likeness (QED) is 0.754. The Morgan fingerprint density at radius 3 is 2.43 bits per heavy atom. The van der Waals surface area contributed by atoms with Crippen molar-refractivity contribution in [2.75, 3.05) is 19.3 Å². The van der Waals surface area contributed by atoms with Gasteiger partial charge in [0, 0.05) is 24.4 Å². The summed E-state index contributed by atoms with van der Waals surface area (Å²) in [6, 6.07) is 7.04. The molecule has 1 aromatic carbocycles. The standard InChI is InChI=1S/C16H24ClNO2S/c1-12(2)21-11-10-18(5)15(19)16(3,4)20-14-8-6-13(17)7-9-14/h6-9,12H,10-11H2,1-5H3. The number of carbonyl (C=O) groups is 1. The predicted octanol–water partition coefficient (Wildman–Crippen LogP) is 4.10. The van der Waals surface area contributed by atoms with Gasteiger partial charge in [-0.25, -0.2) is 0 Å². The van der Waals surface area contributed by atoms with E-state index in [1.165, 1.54) is 0 Å². The number of thioether (sulfide) groups is 1. The molecule has 1 amide bonds. The Balaban J connectivity index is 2.59. The zero-order valence-electron chi connectivity index (χ0n) is 13.4. The van der Waals surface area contributed by atoms with Crippen molar-refractivity contribution in [3.05, 3.63) is 29.3 Å². The highest BCUT2D eigenvalue weighted by atomic mass is 35.5. The molecular weight excluding hydrogens is 306 g/mol. The summed E-state index contributed by atoms with van der Waals surface area (Å²) < 4.78 is 5.81. The Morgan fingerprint density at radius 1 is 1.33 bits per heavy atom. The third-order valence-electron chi connectivity index (χ3n) is 2.93. The van der Waals surface area contributed by atoms with E-state index in [9.17, 15) is 4.79 Å². The summed E-state index contributed by atoms with van der Waals surface area (Å²) in [5, 5.41) is 1.22. The van der Waals surface area contributed by atoms with E-state index in [1.807, 2.05) is 18.8 Å². The summed E-state index contributed by atoms with van der Waals surface area (Å²) in [5.41, 5.74) is -0.898. The second-order valence-corrected chi connectivity index (χ2v) is 7.83. The largest absolute Gasteiger partial charge is 0.478 e. The molecule has 118 valence electrons. The monoisotopic (exact) mass is 329 g/mol. The van der Waals surface area contributed by atoms with E-state index >= 15 is 0 Å². The van der Waals surface area contributed by atoms with Gasteiger partial charge in [-0.05, 0) is 43.4 Å². The first kappa shape index (κ1) is 18.2. The Hall–Kier alpha value is -0.870. The Labute approximate surface area is 137 Å². The lowest BCUT2D eigenvalue weighted by molar-refractivity contribution is -0.143. The molecule has 5 heteroatoms. The minimum atomic E-state index is -0.898. The van der Waals surface area contributed by atoms with Gasteiger partial charge < -0.3 is 9.64 Å². The zero-order valence-corrected chi connectivity index (χ0v) is 14.9. The van der Waals surface area contributed by atoms with Gasteiger partial charge in [0.15, 0.2) is 5.60 Å². The van der Waals surface area contributed by atoms with E-state index in [2.05, 4.69) is 13.8 Å². The summed E-state index contributed by atoms with van der Waals surface area (Å²) in [6.07, 6.45) is 0. The molecule has 0 spiro atoms. The molecule has 0 unspecified atom stereocenters. The number of likely N-dealkylation sites (N-methyl/N-ethyl adjacent to an activating group) is 1. The SMILES string of the molecule is CC(C)SCCN(C)C(=O)C(C)(C)Oc1ccc(Cl)cc1. The minimum absolute atomic E-state index is 0.0261. The molecule has 0 saturated carbocycles. The number of benzene rings is 1. The van der Waals surface area contributed by atoms with Crippen molar-refractivity contribution in [2.24, 2.45) is 0 Å². The molecule has 0 fully saturated rings. The summed E-state index contributed by atoms with van der Waals surface area (Å²) in [4.78, 5) is 14.2. The van der Waals surface area contributed by atoms with Gasteiger partial charge in [-0.15, -0.1) is 0 Å². The van der Waals surface area contributed by atoms with Crippen molar-refractivity contribution in [1.82, 2.24) is 4.90 Å². The second kappa shape index (κ2) is 7.95. The first-order valence-corrected chi connectivity index (χ1v) is 8.47. The van der Waals surface area contributed by atoms with Crippen LogP contribution in [0.3, 0.4) is 0 Å². The van der Waals surface area contributed by atoms with Crippen molar-refractivity contribution < 1.29 is 9.53 Å². The van der Waals surface area contributed by atoms with Gasteiger partial charge in [0.05, 0.1) is 0 Å². The molecule has 1 rings (SSSR count). The van der Waals surface area contributed by atoms with E-state index in [0.29, 0.717) is 16.0 Å². The molecule has 0 heterocycles. The van der Waals surface area contributed by atoms with Crippen LogP contribution in [0, 0.1) is 0 Å². The fraction of sp³-hybridized carbons (Fsp3) is 0.562. The highest BCUT2D eigenvalue weighted by Gasteiger charge is 2.32. The van der Waals surface area contributed by atoms with Crippen LogP contribution in [-0.2, 0) is 4.79 Å². The molecule has 0 radical (unpaired) electrons. The minimum Gasteiger partial charge on any atom is -0.478 e. The molecule has 0 saturated heterocycles. The number of rotatable bonds is 7. The molecule has 1 aromatic rings. The Morgan fingerprint density at radius 2 is 1.90 bits per heavy atom. The van der Waals surface area contributed by atoms with E-state index in [0.717, 1.165) is 12.3 Å². The summed E-state index contributed by atoms with van der Waals surface area (Å²) in [7, 11) is 1.82. The third-order valence-corrected chi connectivity index (χ3v) is 4.26. The van der Waals surface area contributed by atoms with Crippen molar-refractivity contribution in [2.45, 2.75) is 38.5 Å². The Kier molecular flexibility index (Phi) is 6.88. The van der Waals surface area contributed by atoms with Crippen LogP contribution in [0.4, 0.5) is 0 Å². The maximum absolute atomic E-state index is 12.5. The maximum Gasteiger partial charge on any atom is 0.265 e. The number of carbonyl (C=O) groups excluding carboxylic acids is 1. The summed E-state index contributed by atoms with van der Waals surface area (Å²) in [5.74, 6) is 1.54. The maximum atomic E-state index is 12.5. The van der Waals surface area contributed by atoms with Crippen molar-refractivity contribution >= 4 is 29.3 Å². The van der Waals surface area contributed by atoms with Crippen molar-refractivity contribution in [3.8, 4) is 5.75 Å². The summed E-state index contributed by atoms with van der Waals surface area (Å²) >= 11 is 7.69. The normalized spacial score (nSPS) is 11.6. The first-order chi connectivity index (χ1) is 9.72. The van der Waals surface area contributed by atoms with Crippen molar-refractivity contribution in [3.63, 3.8) is 0 Å². The second-order valence-electron chi connectivity index (χ2n) is 5.71. The number of nitrogens with zero attached hydrogens (tertiary/aromatic N) is 1. The zero-order chi connectivity index (χ0) is 16.0. The van der Waals surface area contributed by atoms with Gasteiger partial charge in [0.25, 0.3) is 5.91 Å². The van der Waals surface area contributed by atoms with E-state index < -0.39 is 5.60 Å².